The number of nitrogens with two attached hydrogens (primary N) is 1. The van der Waals surface area contributed by atoms with Crippen LogP contribution in [0.5, 0.6) is 0 Å². The van der Waals surface area contributed by atoms with Crippen LogP contribution in [0.4, 0.5) is 0 Å². The summed E-state index contributed by atoms with van der Waals surface area (Å²) < 4.78 is 2.87. The van der Waals surface area contributed by atoms with Gasteiger partial charge >= 0.3 is 0 Å². The van der Waals surface area contributed by atoms with Crippen molar-refractivity contribution in [3.05, 3.63) is 22.4 Å². The Morgan fingerprint density at radius 3 is 2.68 bits per heavy atom. The lowest BCUT2D eigenvalue weighted by Gasteiger charge is -2.20. The Balaban J connectivity index is 2.06. The summed E-state index contributed by atoms with van der Waals surface area (Å²) in [6, 6.07) is 2.22. The van der Waals surface area contributed by atoms with E-state index in [1.807, 2.05) is 10.8 Å². The van der Waals surface area contributed by atoms with Crippen molar-refractivity contribution in [1.29, 1.82) is 0 Å². The highest BCUT2D eigenvalue weighted by molar-refractivity contribution is 9.10. The van der Waals surface area contributed by atoms with Crippen LogP contribution in [0, 0.1) is 5.41 Å². The van der Waals surface area contributed by atoms with Gasteiger partial charge in [0.2, 0.25) is 5.91 Å². The molecule has 2 rings (SSSR count). The summed E-state index contributed by atoms with van der Waals surface area (Å²) in [7, 11) is 0. The van der Waals surface area contributed by atoms with Crippen LogP contribution >= 0.6 is 15.9 Å². The number of carbonyl (C=O) groups excluding carboxylic acids is 2. The summed E-state index contributed by atoms with van der Waals surface area (Å²) in [4.78, 5) is 23.4. The van der Waals surface area contributed by atoms with Gasteiger partial charge in [0.1, 0.15) is 5.69 Å². The molecule has 1 aliphatic rings. The molecule has 1 saturated carbocycles. The van der Waals surface area contributed by atoms with Gasteiger partial charge in [-0.2, -0.15) is 0 Å². The molecular weight excluding hydrogens is 310 g/mol. The van der Waals surface area contributed by atoms with Gasteiger partial charge in [0.15, 0.2) is 0 Å². The van der Waals surface area contributed by atoms with Crippen LogP contribution < -0.4 is 11.1 Å². The first-order valence-corrected chi connectivity index (χ1v) is 7.06. The lowest BCUT2D eigenvalue weighted by molar-refractivity contribution is -0.125. The number of amides is 2. The summed E-state index contributed by atoms with van der Waals surface area (Å²) >= 11 is 3.39. The first kappa shape index (κ1) is 14.1. The van der Waals surface area contributed by atoms with Crippen LogP contribution in [0.25, 0.3) is 0 Å². The molecule has 0 unspecified atom stereocenters. The lowest BCUT2D eigenvalue weighted by atomic mass is 9.93. The minimum absolute atomic E-state index is 0.174. The second kappa shape index (κ2) is 5.00. The number of nitrogens with one attached hydrogen (secondary N) is 1. The predicted octanol–water partition coefficient (Wildman–Crippen LogP) is 1.83. The van der Waals surface area contributed by atoms with Crippen LogP contribution in [0.15, 0.2) is 16.7 Å². The monoisotopic (exact) mass is 327 g/mol. The Hall–Kier alpha value is -1.30. The van der Waals surface area contributed by atoms with E-state index in [0.29, 0.717) is 11.7 Å². The Bertz CT molecular complexity index is 518. The first-order valence-electron chi connectivity index (χ1n) is 6.27. The van der Waals surface area contributed by atoms with E-state index in [4.69, 9.17) is 5.73 Å². The maximum atomic E-state index is 12.2. The molecule has 1 aromatic heterocycles. The van der Waals surface area contributed by atoms with E-state index in [9.17, 15) is 9.59 Å². The van der Waals surface area contributed by atoms with Crippen molar-refractivity contribution < 1.29 is 9.59 Å². The summed E-state index contributed by atoms with van der Waals surface area (Å²) in [5, 5.41) is 2.78. The quantitative estimate of drug-likeness (QED) is 0.865. The normalized spacial score (nSPS) is 15.3. The standard InChI is InChI=1S/C13H18BrN3O2/c1-13(2,12(15)19)7-16-11(18)10-5-8(14)6-17(10)9-3-4-9/h5-6,9H,3-4,7H2,1-2H3,(H2,15,19)(H,16,18). The molecule has 2 amide bonds. The predicted molar refractivity (Wildman–Crippen MR) is 75.7 cm³/mol. The minimum Gasteiger partial charge on any atom is -0.369 e. The zero-order valence-corrected chi connectivity index (χ0v) is 12.7. The van der Waals surface area contributed by atoms with Crippen LogP contribution in [0.1, 0.15) is 43.2 Å². The largest absolute Gasteiger partial charge is 0.369 e. The van der Waals surface area contributed by atoms with Gasteiger partial charge < -0.3 is 15.6 Å². The molecule has 104 valence electrons. The Labute approximate surface area is 120 Å². The summed E-state index contributed by atoms with van der Waals surface area (Å²) in [6.07, 6.45) is 4.13. The number of nitrogens with zero attached hydrogens (tertiary/aromatic N) is 1. The third-order valence-corrected chi connectivity index (χ3v) is 3.78. The second-order valence-corrected chi connectivity index (χ2v) is 6.53. The number of rotatable bonds is 5. The van der Waals surface area contributed by atoms with Gasteiger partial charge in [-0.3, -0.25) is 9.59 Å². The molecule has 19 heavy (non-hydrogen) atoms. The molecule has 1 aromatic rings. The molecule has 0 radical (unpaired) electrons. The Morgan fingerprint density at radius 1 is 1.53 bits per heavy atom. The zero-order chi connectivity index (χ0) is 14.2. The highest BCUT2D eigenvalue weighted by Crippen LogP contribution is 2.37. The fourth-order valence-corrected chi connectivity index (χ4v) is 2.20. The van der Waals surface area contributed by atoms with E-state index in [1.165, 1.54) is 0 Å². The molecule has 0 bridgehead atoms. The van der Waals surface area contributed by atoms with Gasteiger partial charge in [-0.1, -0.05) is 0 Å². The van der Waals surface area contributed by atoms with Gasteiger partial charge in [0, 0.05) is 23.3 Å². The number of primary amides is 1. The van der Waals surface area contributed by atoms with Crippen LogP contribution in [0.2, 0.25) is 0 Å². The molecule has 1 heterocycles. The Morgan fingerprint density at radius 2 is 2.16 bits per heavy atom. The number of hydrogen-bond acceptors (Lipinski definition) is 2. The topological polar surface area (TPSA) is 77.1 Å². The van der Waals surface area contributed by atoms with E-state index in [0.717, 1.165) is 17.3 Å². The van der Waals surface area contributed by atoms with E-state index in [1.54, 1.807) is 19.9 Å². The molecule has 0 saturated heterocycles. The van der Waals surface area contributed by atoms with Crippen LogP contribution in [0.3, 0.4) is 0 Å². The number of hydrogen-bond donors (Lipinski definition) is 2. The van der Waals surface area contributed by atoms with Crippen molar-refractivity contribution in [1.82, 2.24) is 9.88 Å². The molecule has 6 heteroatoms. The summed E-state index contributed by atoms with van der Waals surface area (Å²) in [5.41, 5.74) is 5.16. The van der Waals surface area contributed by atoms with Crippen molar-refractivity contribution in [2.75, 3.05) is 6.54 Å². The van der Waals surface area contributed by atoms with Crippen molar-refractivity contribution >= 4 is 27.7 Å². The first-order chi connectivity index (χ1) is 8.81. The van der Waals surface area contributed by atoms with Crippen molar-refractivity contribution in [3.63, 3.8) is 0 Å². The van der Waals surface area contributed by atoms with E-state index in [-0.39, 0.29) is 12.5 Å². The third-order valence-electron chi connectivity index (χ3n) is 3.35. The average molecular weight is 328 g/mol. The SMILES string of the molecule is CC(C)(CNC(=O)c1cc(Br)cn1C1CC1)C(N)=O. The smallest absolute Gasteiger partial charge is 0.267 e. The van der Waals surface area contributed by atoms with Gasteiger partial charge in [-0.15, -0.1) is 0 Å². The fourth-order valence-electron chi connectivity index (χ4n) is 1.76. The highest BCUT2D eigenvalue weighted by atomic mass is 79.9. The van der Waals surface area contributed by atoms with Crippen molar-refractivity contribution in [2.24, 2.45) is 11.1 Å². The zero-order valence-electron chi connectivity index (χ0n) is 11.1. The van der Waals surface area contributed by atoms with E-state index >= 15 is 0 Å². The molecule has 0 aromatic carbocycles. The number of aromatic nitrogens is 1. The lowest BCUT2D eigenvalue weighted by Crippen LogP contribution is -2.42. The molecule has 0 aliphatic heterocycles. The molecule has 1 fully saturated rings. The van der Waals surface area contributed by atoms with Crippen molar-refractivity contribution in [2.45, 2.75) is 32.7 Å². The average Bonchev–Trinajstić information content (AvgIpc) is 3.09. The third kappa shape index (κ3) is 3.18. The van der Waals surface area contributed by atoms with Crippen LogP contribution in [-0.2, 0) is 4.79 Å². The molecule has 0 spiro atoms. The van der Waals surface area contributed by atoms with Gasteiger partial charge in [-0.25, -0.2) is 0 Å². The minimum atomic E-state index is -0.746. The maximum absolute atomic E-state index is 12.2. The maximum Gasteiger partial charge on any atom is 0.267 e. The van der Waals surface area contributed by atoms with Gasteiger partial charge in [-0.05, 0) is 48.7 Å². The summed E-state index contributed by atoms with van der Waals surface area (Å²) in [5.74, 6) is -0.599. The van der Waals surface area contributed by atoms with Gasteiger partial charge in [0.25, 0.3) is 5.91 Å². The van der Waals surface area contributed by atoms with E-state index < -0.39 is 11.3 Å². The second-order valence-electron chi connectivity index (χ2n) is 5.61. The molecular formula is C13H18BrN3O2. The van der Waals surface area contributed by atoms with Crippen LogP contribution in [-0.4, -0.2) is 22.9 Å². The fraction of sp³-hybridized carbons (Fsp3) is 0.538. The number of halogens is 1. The molecule has 0 atom stereocenters. The van der Waals surface area contributed by atoms with E-state index in [2.05, 4.69) is 21.2 Å². The Kier molecular flexibility index (Phi) is 3.71. The highest BCUT2D eigenvalue weighted by Gasteiger charge is 2.29. The van der Waals surface area contributed by atoms with Crippen molar-refractivity contribution in [3.8, 4) is 0 Å². The number of carbonyl (C=O) groups is 2. The van der Waals surface area contributed by atoms with Gasteiger partial charge in [0.05, 0.1) is 5.41 Å². The molecule has 3 N–H and O–H groups in total. The molecule has 5 nitrogen and oxygen atoms in total. The molecule has 1 aliphatic carbocycles. The summed E-state index contributed by atoms with van der Waals surface area (Å²) in [6.45, 7) is 3.66.